The summed E-state index contributed by atoms with van der Waals surface area (Å²) >= 11 is 0. The van der Waals surface area contributed by atoms with Crippen molar-refractivity contribution in [2.45, 2.75) is 32.4 Å². The van der Waals surface area contributed by atoms with E-state index in [-0.39, 0.29) is 12.6 Å². The van der Waals surface area contributed by atoms with Gasteiger partial charge in [-0.3, -0.25) is 0 Å². The molecule has 0 spiro atoms. The second-order valence-electron chi connectivity index (χ2n) is 9.75. The number of fused-ring (bicyclic) bond motifs is 1. The van der Waals surface area contributed by atoms with E-state index in [1.165, 1.54) is 6.20 Å². The Kier molecular flexibility index (Phi) is 6.53. The van der Waals surface area contributed by atoms with E-state index in [0.717, 1.165) is 28.3 Å². The zero-order valence-electron chi connectivity index (χ0n) is 21.6. The quantitative estimate of drug-likeness (QED) is 0.331. The zero-order valence-corrected chi connectivity index (χ0v) is 21.6. The summed E-state index contributed by atoms with van der Waals surface area (Å²) in [6.45, 7) is 5.57. The summed E-state index contributed by atoms with van der Waals surface area (Å²) in [7, 11) is 1.99. The number of aromatic nitrogens is 6. The molecule has 0 bridgehead atoms. The van der Waals surface area contributed by atoms with E-state index < -0.39 is 5.60 Å². The van der Waals surface area contributed by atoms with Crippen LogP contribution in [0.15, 0.2) is 73.6 Å². The average Bonchev–Trinajstić information content (AvgIpc) is 3.61. The standard InChI is InChI=1S/C28H28N8O2/c1-19(20-6-9-26(31-14-20)35-11-5-10-32-35)34(4)25-8-7-21(15-30-25)24-12-23(38-18-28(2,3)37)17-36-27(24)22(13-29)16-33-36/h5-12,14-17,19,37H,18H2,1-4H3. The summed E-state index contributed by atoms with van der Waals surface area (Å²) in [4.78, 5) is 11.3. The normalized spacial score (nSPS) is 12.3. The summed E-state index contributed by atoms with van der Waals surface area (Å²) in [6.07, 6.45) is 10.4. The van der Waals surface area contributed by atoms with E-state index in [4.69, 9.17) is 9.72 Å². The highest BCUT2D eigenvalue weighted by atomic mass is 16.5. The van der Waals surface area contributed by atoms with Crippen molar-refractivity contribution in [3.05, 3.63) is 84.7 Å². The number of aliphatic hydroxyl groups is 1. The van der Waals surface area contributed by atoms with Crippen molar-refractivity contribution in [2.75, 3.05) is 18.6 Å². The molecule has 5 aromatic rings. The summed E-state index contributed by atoms with van der Waals surface area (Å²) in [5.41, 5.74) is 2.76. The van der Waals surface area contributed by atoms with E-state index in [0.29, 0.717) is 16.8 Å². The van der Waals surface area contributed by atoms with Crippen LogP contribution in [0.5, 0.6) is 5.75 Å². The maximum Gasteiger partial charge on any atom is 0.153 e. The van der Waals surface area contributed by atoms with Gasteiger partial charge in [-0.2, -0.15) is 15.5 Å². The van der Waals surface area contributed by atoms with Crippen LogP contribution >= 0.6 is 0 Å². The molecule has 0 saturated heterocycles. The first-order chi connectivity index (χ1) is 18.2. The second-order valence-corrected chi connectivity index (χ2v) is 9.75. The molecule has 0 fully saturated rings. The Morgan fingerprint density at radius 2 is 1.97 bits per heavy atom. The molecule has 192 valence electrons. The third-order valence-electron chi connectivity index (χ3n) is 6.29. The van der Waals surface area contributed by atoms with Crippen LogP contribution in [0.2, 0.25) is 0 Å². The number of hydrogen-bond donors (Lipinski definition) is 1. The van der Waals surface area contributed by atoms with Crippen LogP contribution < -0.4 is 9.64 Å². The van der Waals surface area contributed by atoms with Crippen LogP contribution in [0.4, 0.5) is 5.82 Å². The Morgan fingerprint density at radius 1 is 1.13 bits per heavy atom. The van der Waals surface area contributed by atoms with Crippen molar-refractivity contribution >= 4 is 11.3 Å². The molecule has 10 heteroatoms. The van der Waals surface area contributed by atoms with Crippen molar-refractivity contribution < 1.29 is 9.84 Å². The number of ether oxygens (including phenoxy) is 1. The zero-order chi connectivity index (χ0) is 26.9. The van der Waals surface area contributed by atoms with Gasteiger partial charge in [-0.1, -0.05) is 6.07 Å². The van der Waals surface area contributed by atoms with Crippen molar-refractivity contribution in [1.29, 1.82) is 5.26 Å². The van der Waals surface area contributed by atoms with Crippen LogP contribution in [-0.2, 0) is 0 Å². The topological polar surface area (TPSA) is 117 Å². The van der Waals surface area contributed by atoms with Crippen molar-refractivity contribution in [1.82, 2.24) is 29.4 Å². The fraction of sp³-hybridized carbons (Fsp3) is 0.250. The molecule has 10 nitrogen and oxygen atoms in total. The number of nitriles is 1. The highest BCUT2D eigenvalue weighted by Gasteiger charge is 2.18. The van der Waals surface area contributed by atoms with Gasteiger partial charge in [-0.25, -0.2) is 19.2 Å². The van der Waals surface area contributed by atoms with Crippen molar-refractivity contribution in [3.8, 4) is 28.8 Å². The van der Waals surface area contributed by atoms with E-state index in [2.05, 4.69) is 33.1 Å². The van der Waals surface area contributed by atoms with Crippen LogP contribution in [-0.4, -0.2) is 53.7 Å². The molecular formula is C28H28N8O2. The van der Waals surface area contributed by atoms with Crippen LogP contribution in [0.3, 0.4) is 0 Å². The number of nitrogens with zero attached hydrogens (tertiary/aromatic N) is 8. The molecule has 0 radical (unpaired) electrons. The van der Waals surface area contributed by atoms with Crippen LogP contribution in [0.1, 0.15) is 37.9 Å². The Balaban J connectivity index is 1.41. The molecule has 0 aliphatic carbocycles. The van der Waals surface area contributed by atoms with Crippen LogP contribution in [0, 0.1) is 11.3 Å². The van der Waals surface area contributed by atoms with Gasteiger partial charge in [0.15, 0.2) is 5.82 Å². The molecule has 0 amide bonds. The van der Waals surface area contributed by atoms with Gasteiger partial charge in [-0.05, 0) is 56.7 Å². The maximum absolute atomic E-state index is 10.1. The first-order valence-corrected chi connectivity index (χ1v) is 12.2. The molecule has 1 N–H and O–H groups in total. The second kappa shape index (κ2) is 9.95. The monoisotopic (exact) mass is 508 g/mol. The van der Waals surface area contributed by atoms with Crippen molar-refractivity contribution in [3.63, 3.8) is 0 Å². The maximum atomic E-state index is 10.1. The van der Waals surface area contributed by atoms with E-state index in [1.54, 1.807) is 41.6 Å². The number of pyridine rings is 3. The minimum Gasteiger partial charge on any atom is -0.489 e. The number of anilines is 1. The summed E-state index contributed by atoms with van der Waals surface area (Å²) in [5.74, 6) is 2.08. The van der Waals surface area contributed by atoms with Crippen molar-refractivity contribution in [2.24, 2.45) is 0 Å². The SMILES string of the molecule is CC(c1ccc(-n2cccn2)nc1)N(C)c1ccc(-c2cc(OCC(C)(C)O)cn3ncc(C#N)c23)cn1. The molecule has 5 heterocycles. The lowest BCUT2D eigenvalue weighted by Crippen LogP contribution is -2.27. The lowest BCUT2D eigenvalue weighted by Gasteiger charge is -2.26. The predicted molar refractivity (Wildman–Crippen MR) is 143 cm³/mol. The minimum absolute atomic E-state index is 0.0258. The van der Waals surface area contributed by atoms with Gasteiger partial charge in [0.25, 0.3) is 0 Å². The molecule has 1 unspecified atom stereocenters. The molecule has 0 aromatic carbocycles. The molecule has 0 aliphatic heterocycles. The van der Waals surface area contributed by atoms with Gasteiger partial charge in [0.2, 0.25) is 0 Å². The molecule has 0 saturated carbocycles. The molecule has 0 aliphatic rings. The predicted octanol–water partition coefficient (Wildman–Crippen LogP) is 4.20. The largest absolute Gasteiger partial charge is 0.489 e. The molecule has 1 atom stereocenters. The molecular weight excluding hydrogens is 480 g/mol. The Morgan fingerprint density at radius 3 is 2.61 bits per heavy atom. The number of rotatable bonds is 8. The molecule has 5 rings (SSSR count). The number of hydrogen-bond acceptors (Lipinski definition) is 8. The van der Waals surface area contributed by atoms with Gasteiger partial charge in [0, 0.05) is 43.0 Å². The van der Waals surface area contributed by atoms with Gasteiger partial charge in [0.1, 0.15) is 24.2 Å². The molecule has 5 aromatic heterocycles. The lowest BCUT2D eigenvalue weighted by molar-refractivity contribution is 0.0283. The Labute approximate surface area is 220 Å². The van der Waals surface area contributed by atoms with Crippen LogP contribution in [0.25, 0.3) is 22.5 Å². The summed E-state index contributed by atoms with van der Waals surface area (Å²) in [5, 5.41) is 28.2. The first kappa shape index (κ1) is 24.9. The van der Waals surface area contributed by atoms with E-state index >= 15 is 0 Å². The Hall–Kier alpha value is -4.75. The summed E-state index contributed by atoms with van der Waals surface area (Å²) < 4.78 is 9.17. The minimum atomic E-state index is -0.990. The average molecular weight is 509 g/mol. The highest BCUT2D eigenvalue weighted by Crippen LogP contribution is 2.32. The fourth-order valence-electron chi connectivity index (χ4n) is 4.10. The fourth-order valence-corrected chi connectivity index (χ4v) is 4.10. The van der Waals surface area contributed by atoms with Gasteiger partial charge in [-0.15, -0.1) is 0 Å². The Bertz CT molecular complexity index is 1580. The van der Waals surface area contributed by atoms with E-state index in [9.17, 15) is 10.4 Å². The van der Waals surface area contributed by atoms with Gasteiger partial charge in [0.05, 0.1) is 35.1 Å². The smallest absolute Gasteiger partial charge is 0.153 e. The molecule has 38 heavy (non-hydrogen) atoms. The first-order valence-electron chi connectivity index (χ1n) is 12.2. The highest BCUT2D eigenvalue weighted by molar-refractivity contribution is 5.85. The lowest BCUT2D eigenvalue weighted by atomic mass is 10.0. The van der Waals surface area contributed by atoms with Gasteiger partial charge >= 0.3 is 0 Å². The van der Waals surface area contributed by atoms with E-state index in [1.807, 2.05) is 55.8 Å². The third kappa shape index (κ3) is 5.05. The third-order valence-corrected chi connectivity index (χ3v) is 6.29. The van der Waals surface area contributed by atoms with Gasteiger partial charge < -0.3 is 14.7 Å². The summed E-state index contributed by atoms with van der Waals surface area (Å²) in [6, 6.07) is 13.8.